The first-order chi connectivity index (χ1) is 11.2. The van der Waals surface area contributed by atoms with Crippen molar-refractivity contribution in [2.75, 3.05) is 4.90 Å². The Kier molecular flexibility index (Phi) is 4.43. The molecule has 0 saturated heterocycles. The number of carbonyl (C=O) groups is 1. The van der Waals surface area contributed by atoms with Gasteiger partial charge >= 0.3 is 0 Å². The molecule has 0 N–H and O–H groups in total. The van der Waals surface area contributed by atoms with Crippen molar-refractivity contribution in [3.05, 3.63) is 96.1 Å². The van der Waals surface area contributed by atoms with E-state index in [4.69, 9.17) is 0 Å². The van der Waals surface area contributed by atoms with Crippen LogP contribution in [0.3, 0.4) is 0 Å². The molecule has 0 saturated carbocycles. The molecule has 3 aromatic rings. The van der Waals surface area contributed by atoms with Gasteiger partial charge in [0.15, 0.2) is 0 Å². The van der Waals surface area contributed by atoms with E-state index in [0.29, 0.717) is 6.54 Å². The number of carbonyl (C=O) groups excluding carboxylic acids is 1. The van der Waals surface area contributed by atoms with Crippen LogP contribution in [0.2, 0.25) is 0 Å². The van der Waals surface area contributed by atoms with Crippen LogP contribution in [0.25, 0.3) is 0 Å². The van der Waals surface area contributed by atoms with Gasteiger partial charge in [0.25, 0.3) is 5.91 Å². The molecule has 0 spiro atoms. The minimum Gasteiger partial charge on any atom is -0.304 e. The maximum Gasteiger partial charge on any atom is 0.258 e. The Labute approximate surface area is 134 Å². The number of para-hydroxylation sites is 1. The number of hydrogen-bond acceptors (Lipinski definition) is 2. The molecule has 23 heavy (non-hydrogen) atoms. The van der Waals surface area contributed by atoms with Crippen molar-refractivity contribution in [3.63, 3.8) is 0 Å². The molecule has 1 heterocycles. The Hall–Kier alpha value is -3.01. The predicted molar refractivity (Wildman–Crippen MR) is 87.6 cm³/mol. The van der Waals surface area contributed by atoms with E-state index in [2.05, 4.69) is 4.98 Å². The highest BCUT2D eigenvalue weighted by molar-refractivity contribution is 6.05. The highest BCUT2D eigenvalue weighted by Gasteiger charge is 2.18. The van der Waals surface area contributed by atoms with Gasteiger partial charge < -0.3 is 4.90 Å². The third-order valence-electron chi connectivity index (χ3n) is 3.47. The van der Waals surface area contributed by atoms with Crippen LogP contribution in [0.1, 0.15) is 15.9 Å². The summed E-state index contributed by atoms with van der Waals surface area (Å²) in [5.41, 5.74) is 2.04. The molecule has 2 aromatic carbocycles. The van der Waals surface area contributed by atoms with Crippen molar-refractivity contribution in [2.24, 2.45) is 0 Å². The smallest absolute Gasteiger partial charge is 0.258 e. The lowest BCUT2D eigenvalue weighted by Crippen LogP contribution is -2.30. The minimum atomic E-state index is -0.663. The highest BCUT2D eigenvalue weighted by atomic mass is 19.1. The molecular formula is C19H15FN2O. The molecule has 3 rings (SSSR count). The van der Waals surface area contributed by atoms with Crippen molar-refractivity contribution >= 4 is 11.6 Å². The largest absolute Gasteiger partial charge is 0.304 e. The number of anilines is 1. The van der Waals surface area contributed by atoms with Crippen LogP contribution in [0, 0.1) is 5.95 Å². The van der Waals surface area contributed by atoms with Crippen LogP contribution in [-0.2, 0) is 6.54 Å². The average molecular weight is 306 g/mol. The summed E-state index contributed by atoms with van der Waals surface area (Å²) in [6, 6.07) is 21.7. The lowest BCUT2D eigenvalue weighted by Gasteiger charge is -2.23. The van der Waals surface area contributed by atoms with Crippen molar-refractivity contribution in [1.82, 2.24) is 4.98 Å². The maximum absolute atomic E-state index is 13.3. The van der Waals surface area contributed by atoms with Crippen LogP contribution in [0.15, 0.2) is 79.0 Å². The first-order valence-electron chi connectivity index (χ1n) is 7.26. The molecule has 0 unspecified atom stereocenters. The van der Waals surface area contributed by atoms with E-state index in [9.17, 15) is 9.18 Å². The van der Waals surface area contributed by atoms with Gasteiger partial charge in [-0.05, 0) is 23.8 Å². The number of aromatic nitrogens is 1. The third kappa shape index (κ3) is 3.61. The van der Waals surface area contributed by atoms with E-state index >= 15 is 0 Å². The normalized spacial score (nSPS) is 10.3. The van der Waals surface area contributed by atoms with Gasteiger partial charge in [0.1, 0.15) is 0 Å². The van der Waals surface area contributed by atoms with E-state index in [-0.39, 0.29) is 11.5 Å². The molecular weight excluding hydrogens is 291 g/mol. The number of rotatable bonds is 4. The molecule has 3 nitrogen and oxygen atoms in total. The van der Waals surface area contributed by atoms with Crippen molar-refractivity contribution in [2.45, 2.75) is 6.54 Å². The Morgan fingerprint density at radius 2 is 1.61 bits per heavy atom. The number of amides is 1. The van der Waals surface area contributed by atoms with E-state index in [0.717, 1.165) is 17.3 Å². The Bertz CT molecular complexity index is 791. The molecule has 0 aliphatic rings. The van der Waals surface area contributed by atoms with E-state index in [1.165, 1.54) is 12.3 Å². The number of halogens is 1. The fourth-order valence-corrected chi connectivity index (χ4v) is 2.35. The summed E-state index contributed by atoms with van der Waals surface area (Å²) in [6.07, 6.45) is 1.30. The molecule has 1 amide bonds. The van der Waals surface area contributed by atoms with Crippen molar-refractivity contribution < 1.29 is 9.18 Å². The summed E-state index contributed by atoms with van der Waals surface area (Å²) in [7, 11) is 0. The summed E-state index contributed by atoms with van der Waals surface area (Å²) >= 11 is 0. The first-order valence-corrected chi connectivity index (χ1v) is 7.26. The Morgan fingerprint density at radius 1 is 0.957 bits per heavy atom. The second-order valence-electron chi connectivity index (χ2n) is 5.08. The monoisotopic (exact) mass is 306 g/mol. The standard InChI is InChI=1S/C19H15FN2O/c20-18-13-16(11-12-21-18)19(23)22(17-9-5-2-6-10-17)14-15-7-3-1-4-8-15/h1-13H,14H2. The van der Waals surface area contributed by atoms with E-state index in [1.807, 2.05) is 60.7 Å². The summed E-state index contributed by atoms with van der Waals surface area (Å²) in [5, 5.41) is 0. The topological polar surface area (TPSA) is 33.2 Å². The van der Waals surface area contributed by atoms with E-state index < -0.39 is 5.95 Å². The van der Waals surface area contributed by atoms with Gasteiger partial charge in [-0.15, -0.1) is 0 Å². The van der Waals surface area contributed by atoms with E-state index in [1.54, 1.807) is 4.90 Å². The minimum absolute atomic E-state index is 0.263. The van der Waals surface area contributed by atoms with Gasteiger partial charge in [-0.3, -0.25) is 4.79 Å². The number of pyridine rings is 1. The van der Waals surface area contributed by atoms with Gasteiger partial charge in [-0.2, -0.15) is 4.39 Å². The first kappa shape index (κ1) is 14.9. The van der Waals surface area contributed by atoms with Gasteiger partial charge in [-0.1, -0.05) is 48.5 Å². The zero-order valence-electron chi connectivity index (χ0n) is 12.4. The summed E-state index contributed by atoms with van der Waals surface area (Å²) < 4.78 is 13.3. The number of nitrogens with zero attached hydrogens (tertiary/aromatic N) is 2. The Balaban J connectivity index is 1.96. The average Bonchev–Trinajstić information content (AvgIpc) is 2.61. The molecule has 0 radical (unpaired) electrons. The lowest BCUT2D eigenvalue weighted by atomic mass is 10.1. The van der Waals surface area contributed by atoms with Crippen LogP contribution in [-0.4, -0.2) is 10.9 Å². The Morgan fingerprint density at radius 3 is 2.26 bits per heavy atom. The second-order valence-corrected chi connectivity index (χ2v) is 5.08. The van der Waals surface area contributed by atoms with Crippen LogP contribution in [0.5, 0.6) is 0 Å². The quantitative estimate of drug-likeness (QED) is 0.681. The molecule has 0 fully saturated rings. The number of benzene rings is 2. The van der Waals surface area contributed by atoms with Crippen molar-refractivity contribution in [3.8, 4) is 0 Å². The fourth-order valence-electron chi connectivity index (χ4n) is 2.35. The van der Waals surface area contributed by atoms with Crippen LogP contribution >= 0.6 is 0 Å². The van der Waals surface area contributed by atoms with Crippen molar-refractivity contribution in [1.29, 1.82) is 0 Å². The van der Waals surface area contributed by atoms with Gasteiger partial charge in [0.2, 0.25) is 5.95 Å². The summed E-state index contributed by atoms with van der Waals surface area (Å²) in [6.45, 7) is 0.410. The zero-order chi connectivity index (χ0) is 16.1. The molecule has 0 aliphatic carbocycles. The molecule has 0 atom stereocenters. The third-order valence-corrected chi connectivity index (χ3v) is 3.47. The second kappa shape index (κ2) is 6.83. The van der Waals surface area contributed by atoms with Gasteiger partial charge in [-0.25, -0.2) is 4.98 Å². The lowest BCUT2D eigenvalue weighted by molar-refractivity contribution is 0.0984. The molecule has 1 aromatic heterocycles. The van der Waals surface area contributed by atoms with Crippen LogP contribution in [0.4, 0.5) is 10.1 Å². The molecule has 114 valence electrons. The van der Waals surface area contributed by atoms with Crippen LogP contribution < -0.4 is 4.90 Å². The molecule has 4 heteroatoms. The zero-order valence-corrected chi connectivity index (χ0v) is 12.4. The SMILES string of the molecule is O=C(c1ccnc(F)c1)N(Cc1ccccc1)c1ccccc1. The summed E-state index contributed by atoms with van der Waals surface area (Å²) in [4.78, 5) is 18.0. The maximum atomic E-state index is 13.3. The predicted octanol–water partition coefficient (Wildman–Crippen LogP) is 4.07. The number of hydrogen-bond donors (Lipinski definition) is 0. The fraction of sp³-hybridized carbons (Fsp3) is 0.0526. The summed E-state index contributed by atoms with van der Waals surface area (Å²) in [5.74, 6) is -0.926. The highest BCUT2D eigenvalue weighted by Crippen LogP contribution is 2.20. The molecule has 0 aliphatic heterocycles. The van der Waals surface area contributed by atoms with Gasteiger partial charge in [0, 0.05) is 23.5 Å². The van der Waals surface area contributed by atoms with Gasteiger partial charge in [0.05, 0.1) is 6.54 Å². The molecule has 0 bridgehead atoms.